The lowest BCUT2D eigenvalue weighted by Gasteiger charge is -2.03. The zero-order chi connectivity index (χ0) is 9.97. The maximum absolute atomic E-state index is 5.86. The van der Waals surface area contributed by atoms with E-state index >= 15 is 0 Å². The Bertz CT molecular complexity index is 276. The molecule has 0 bridgehead atoms. The van der Waals surface area contributed by atoms with Gasteiger partial charge in [-0.05, 0) is 18.9 Å². The van der Waals surface area contributed by atoms with E-state index < -0.39 is 0 Å². The Morgan fingerprint density at radius 3 is 2.64 bits per heavy atom. The van der Waals surface area contributed by atoms with E-state index in [0.29, 0.717) is 12.5 Å². The Labute approximate surface area is 85.5 Å². The summed E-state index contributed by atoms with van der Waals surface area (Å²) in [5.41, 5.74) is 6.88. The molecule has 0 unspecified atom stereocenters. The molecule has 0 spiro atoms. The van der Waals surface area contributed by atoms with Gasteiger partial charge in [-0.2, -0.15) is 0 Å². The highest BCUT2D eigenvalue weighted by Crippen LogP contribution is 2.36. The van der Waals surface area contributed by atoms with Crippen LogP contribution in [0.4, 0.5) is 0 Å². The van der Waals surface area contributed by atoms with Crippen molar-refractivity contribution >= 4 is 0 Å². The van der Waals surface area contributed by atoms with Gasteiger partial charge in [0.25, 0.3) is 0 Å². The number of rotatable bonds is 3. The first-order valence-electron chi connectivity index (χ1n) is 5.66. The van der Waals surface area contributed by atoms with E-state index in [9.17, 15) is 0 Å². The lowest BCUT2D eigenvalue weighted by atomic mass is 10.0. The van der Waals surface area contributed by atoms with E-state index in [2.05, 4.69) is 13.0 Å². The topological polar surface area (TPSA) is 39.2 Å². The molecule has 0 aromatic carbocycles. The molecule has 0 radical (unpaired) electrons. The quantitative estimate of drug-likeness (QED) is 0.801. The van der Waals surface area contributed by atoms with Gasteiger partial charge in [-0.3, -0.25) is 0 Å². The summed E-state index contributed by atoms with van der Waals surface area (Å²) in [7, 11) is 0. The van der Waals surface area contributed by atoms with Gasteiger partial charge in [0.05, 0.1) is 0 Å². The molecular weight excluding hydrogens is 174 g/mol. The molecule has 78 valence electrons. The fourth-order valence-electron chi connectivity index (χ4n) is 2.37. The summed E-state index contributed by atoms with van der Waals surface area (Å²) >= 11 is 0. The first-order chi connectivity index (χ1) is 6.85. The Morgan fingerprint density at radius 2 is 2.14 bits per heavy atom. The summed E-state index contributed by atoms with van der Waals surface area (Å²) in [6, 6.07) is 2.18. The molecule has 1 fully saturated rings. The van der Waals surface area contributed by atoms with E-state index in [-0.39, 0.29) is 0 Å². The molecule has 2 N–H and O–H groups in total. The molecule has 0 aliphatic heterocycles. The van der Waals surface area contributed by atoms with Crippen molar-refractivity contribution in [2.24, 2.45) is 5.73 Å². The van der Waals surface area contributed by atoms with Gasteiger partial charge in [-0.25, -0.2) is 0 Å². The van der Waals surface area contributed by atoms with Crippen molar-refractivity contribution in [2.75, 3.05) is 0 Å². The summed E-state index contributed by atoms with van der Waals surface area (Å²) in [5.74, 6) is 2.94. The van der Waals surface area contributed by atoms with Gasteiger partial charge in [0.2, 0.25) is 0 Å². The third kappa shape index (κ3) is 1.71. The van der Waals surface area contributed by atoms with E-state index in [1.807, 2.05) is 0 Å². The van der Waals surface area contributed by atoms with Gasteiger partial charge in [0.1, 0.15) is 11.5 Å². The molecule has 1 aliphatic carbocycles. The van der Waals surface area contributed by atoms with Gasteiger partial charge in [-0.15, -0.1) is 0 Å². The number of aryl methyl sites for hydroxylation is 1. The van der Waals surface area contributed by atoms with Crippen LogP contribution in [0, 0.1) is 0 Å². The normalized spacial score (nSPS) is 17.9. The van der Waals surface area contributed by atoms with Crippen LogP contribution in [0.25, 0.3) is 0 Å². The maximum atomic E-state index is 5.86. The highest BCUT2D eigenvalue weighted by Gasteiger charge is 2.21. The summed E-state index contributed by atoms with van der Waals surface area (Å²) in [4.78, 5) is 0. The smallest absolute Gasteiger partial charge is 0.108 e. The van der Waals surface area contributed by atoms with E-state index in [1.54, 1.807) is 0 Å². The van der Waals surface area contributed by atoms with Crippen LogP contribution < -0.4 is 5.73 Å². The second-order valence-electron chi connectivity index (χ2n) is 4.14. The Kier molecular flexibility index (Phi) is 2.92. The van der Waals surface area contributed by atoms with Crippen molar-refractivity contribution in [1.29, 1.82) is 0 Å². The zero-order valence-corrected chi connectivity index (χ0v) is 8.88. The predicted molar refractivity (Wildman–Crippen MR) is 57.2 cm³/mol. The second-order valence-corrected chi connectivity index (χ2v) is 4.14. The van der Waals surface area contributed by atoms with Crippen LogP contribution in [0.2, 0.25) is 0 Å². The second kappa shape index (κ2) is 4.18. The molecule has 1 heterocycles. The average Bonchev–Trinajstić information content (AvgIpc) is 2.85. The van der Waals surface area contributed by atoms with Crippen molar-refractivity contribution in [2.45, 2.75) is 51.5 Å². The number of furan rings is 1. The number of hydrogen-bond acceptors (Lipinski definition) is 2. The summed E-state index contributed by atoms with van der Waals surface area (Å²) in [5, 5.41) is 0. The SMILES string of the molecule is CCc1oc(C2CCCC2)cc1CN. The largest absolute Gasteiger partial charge is 0.465 e. The summed E-state index contributed by atoms with van der Waals surface area (Å²) in [6.45, 7) is 2.73. The van der Waals surface area contributed by atoms with Crippen LogP contribution in [0.15, 0.2) is 10.5 Å². The van der Waals surface area contributed by atoms with Crippen molar-refractivity contribution in [3.63, 3.8) is 0 Å². The highest BCUT2D eigenvalue weighted by molar-refractivity contribution is 5.24. The molecule has 0 saturated heterocycles. The molecule has 0 amide bonds. The standard InChI is InChI=1S/C12H19NO/c1-2-11-10(8-13)7-12(14-11)9-5-3-4-6-9/h7,9H,2-6,8,13H2,1H3. The van der Waals surface area contributed by atoms with Crippen molar-refractivity contribution in [3.05, 3.63) is 23.2 Å². The average molecular weight is 193 g/mol. The first kappa shape index (κ1) is 9.78. The van der Waals surface area contributed by atoms with Crippen molar-refractivity contribution < 1.29 is 4.42 Å². The van der Waals surface area contributed by atoms with Gasteiger partial charge in [0.15, 0.2) is 0 Å². The van der Waals surface area contributed by atoms with E-state index in [1.165, 1.54) is 37.0 Å². The number of hydrogen-bond donors (Lipinski definition) is 1. The number of nitrogens with two attached hydrogens (primary N) is 1. The van der Waals surface area contributed by atoms with Gasteiger partial charge >= 0.3 is 0 Å². The van der Waals surface area contributed by atoms with Crippen LogP contribution in [-0.2, 0) is 13.0 Å². The minimum atomic E-state index is 0.611. The van der Waals surface area contributed by atoms with Crippen molar-refractivity contribution in [3.8, 4) is 0 Å². The minimum Gasteiger partial charge on any atom is -0.465 e. The van der Waals surface area contributed by atoms with E-state index in [4.69, 9.17) is 10.2 Å². The van der Waals surface area contributed by atoms with Gasteiger partial charge in [-0.1, -0.05) is 19.8 Å². The lowest BCUT2D eigenvalue weighted by Crippen LogP contribution is -1.97. The molecule has 1 aromatic heterocycles. The predicted octanol–water partition coefficient (Wildman–Crippen LogP) is 2.96. The molecule has 2 heteroatoms. The first-order valence-corrected chi connectivity index (χ1v) is 5.66. The maximum Gasteiger partial charge on any atom is 0.108 e. The van der Waals surface area contributed by atoms with Crippen LogP contribution in [-0.4, -0.2) is 0 Å². The summed E-state index contributed by atoms with van der Waals surface area (Å²) in [6.07, 6.45) is 6.25. The van der Waals surface area contributed by atoms with Gasteiger partial charge < -0.3 is 10.2 Å². The molecule has 1 aromatic rings. The van der Waals surface area contributed by atoms with Crippen LogP contribution in [0.1, 0.15) is 55.6 Å². The highest BCUT2D eigenvalue weighted by atomic mass is 16.3. The van der Waals surface area contributed by atoms with Gasteiger partial charge in [0, 0.05) is 24.4 Å². The molecular formula is C12H19NO. The third-order valence-electron chi connectivity index (χ3n) is 3.21. The van der Waals surface area contributed by atoms with Crippen molar-refractivity contribution in [1.82, 2.24) is 0 Å². The lowest BCUT2D eigenvalue weighted by molar-refractivity contribution is 0.432. The molecule has 1 aliphatic rings. The van der Waals surface area contributed by atoms with Crippen LogP contribution in [0.5, 0.6) is 0 Å². The minimum absolute atomic E-state index is 0.611. The summed E-state index contributed by atoms with van der Waals surface area (Å²) < 4.78 is 5.86. The Balaban J connectivity index is 2.21. The van der Waals surface area contributed by atoms with Crippen LogP contribution >= 0.6 is 0 Å². The molecule has 0 atom stereocenters. The Morgan fingerprint density at radius 1 is 1.43 bits per heavy atom. The Hall–Kier alpha value is -0.760. The fraction of sp³-hybridized carbons (Fsp3) is 0.667. The zero-order valence-electron chi connectivity index (χ0n) is 8.88. The van der Waals surface area contributed by atoms with E-state index in [0.717, 1.165) is 12.2 Å². The molecule has 14 heavy (non-hydrogen) atoms. The molecule has 1 saturated carbocycles. The molecule has 2 rings (SSSR count). The van der Waals surface area contributed by atoms with Crippen LogP contribution in [0.3, 0.4) is 0 Å². The fourth-order valence-corrected chi connectivity index (χ4v) is 2.37. The molecule has 2 nitrogen and oxygen atoms in total. The monoisotopic (exact) mass is 193 g/mol. The third-order valence-corrected chi connectivity index (χ3v) is 3.21.